The molecule has 0 radical (unpaired) electrons. The molecule has 1 aromatic carbocycles. The lowest BCUT2D eigenvalue weighted by molar-refractivity contribution is -0.144. The van der Waals surface area contributed by atoms with Crippen molar-refractivity contribution in [1.29, 1.82) is 5.41 Å². The number of hydrogen-bond donors (Lipinski definition) is 4. The van der Waals surface area contributed by atoms with Crippen LogP contribution in [-0.4, -0.2) is 64.7 Å². The van der Waals surface area contributed by atoms with Gasteiger partial charge >= 0.3 is 5.97 Å². The van der Waals surface area contributed by atoms with Gasteiger partial charge in [-0.25, -0.2) is 0 Å². The Labute approximate surface area is 167 Å². The highest BCUT2D eigenvalue weighted by atomic mass is 79.9. The molecule has 1 aliphatic heterocycles. The molecule has 7 nitrogen and oxygen atoms in total. The summed E-state index contributed by atoms with van der Waals surface area (Å²) in [6.07, 6.45) is 2.66. The standard InChI is InChI=1S/C19H27BrN4O3/c20-15-11-13(18(21)22)1-2-16(15)24-9-7-23(8-10-24)14-3-5-19(27,6-4-14)12-17(25)26/h1-2,11,14,27H,3-10,12H2,(H3,21,22)(H,25,26)/t14-,19+. The molecule has 2 aliphatic rings. The Bertz CT molecular complexity index is 711. The molecule has 1 aromatic rings. The minimum absolute atomic E-state index is 0.0622. The number of rotatable bonds is 5. The molecule has 0 atom stereocenters. The highest BCUT2D eigenvalue weighted by Crippen LogP contribution is 2.34. The maximum Gasteiger partial charge on any atom is 0.306 e. The summed E-state index contributed by atoms with van der Waals surface area (Å²) >= 11 is 3.59. The van der Waals surface area contributed by atoms with Gasteiger partial charge in [-0.05, 0) is 59.8 Å². The molecule has 1 aliphatic carbocycles. The van der Waals surface area contributed by atoms with E-state index in [1.54, 1.807) is 0 Å². The van der Waals surface area contributed by atoms with Crippen LogP contribution in [0.1, 0.15) is 37.7 Å². The number of hydrogen-bond acceptors (Lipinski definition) is 5. The van der Waals surface area contributed by atoms with Crippen LogP contribution in [-0.2, 0) is 4.79 Å². The van der Waals surface area contributed by atoms with E-state index in [2.05, 4.69) is 25.7 Å². The third-order valence-electron chi connectivity index (χ3n) is 5.80. The minimum atomic E-state index is -1.03. The fraction of sp³-hybridized carbons (Fsp3) is 0.579. The van der Waals surface area contributed by atoms with E-state index in [0.29, 0.717) is 24.4 Å². The molecular formula is C19H27BrN4O3. The smallest absolute Gasteiger partial charge is 0.306 e. The fourth-order valence-electron chi connectivity index (χ4n) is 4.22. The van der Waals surface area contributed by atoms with Crippen molar-refractivity contribution in [3.8, 4) is 0 Å². The third kappa shape index (κ3) is 4.80. The van der Waals surface area contributed by atoms with Crippen molar-refractivity contribution in [3.05, 3.63) is 28.2 Å². The number of carboxylic acids is 1. The summed E-state index contributed by atoms with van der Waals surface area (Å²) in [5.74, 6) is -0.863. The zero-order chi connectivity index (χ0) is 19.6. The second kappa shape index (κ2) is 8.16. The molecule has 5 N–H and O–H groups in total. The third-order valence-corrected chi connectivity index (χ3v) is 6.43. The topological polar surface area (TPSA) is 114 Å². The zero-order valence-corrected chi connectivity index (χ0v) is 16.9. The SMILES string of the molecule is N=C(N)c1ccc(N2CCN([C@H]3CC[C@](O)(CC(=O)O)CC3)CC2)c(Br)c1. The van der Waals surface area contributed by atoms with Gasteiger partial charge in [0, 0.05) is 42.3 Å². The number of halogens is 1. The van der Waals surface area contributed by atoms with Crippen LogP contribution in [0, 0.1) is 5.41 Å². The fourth-order valence-corrected chi connectivity index (χ4v) is 4.85. The van der Waals surface area contributed by atoms with Crippen LogP contribution >= 0.6 is 15.9 Å². The molecule has 0 bridgehead atoms. The Kier molecular flexibility index (Phi) is 6.08. The molecule has 1 heterocycles. The summed E-state index contributed by atoms with van der Waals surface area (Å²) in [7, 11) is 0. The summed E-state index contributed by atoms with van der Waals surface area (Å²) in [5, 5.41) is 26.9. The van der Waals surface area contributed by atoms with Crippen LogP contribution in [0.25, 0.3) is 0 Å². The first-order valence-corrected chi connectivity index (χ1v) is 10.1. The van der Waals surface area contributed by atoms with Crippen molar-refractivity contribution in [2.24, 2.45) is 5.73 Å². The average molecular weight is 439 g/mol. The number of carbonyl (C=O) groups is 1. The number of aliphatic hydroxyl groups is 1. The highest BCUT2D eigenvalue weighted by molar-refractivity contribution is 9.10. The second-order valence-electron chi connectivity index (χ2n) is 7.63. The molecule has 2 fully saturated rings. The number of benzene rings is 1. The van der Waals surface area contributed by atoms with Crippen molar-refractivity contribution in [1.82, 2.24) is 4.90 Å². The van der Waals surface area contributed by atoms with E-state index in [0.717, 1.165) is 49.2 Å². The van der Waals surface area contributed by atoms with Crippen LogP contribution in [0.3, 0.4) is 0 Å². The van der Waals surface area contributed by atoms with Crippen LogP contribution in [0.15, 0.2) is 22.7 Å². The summed E-state index contributed by atoms with van der Waals surface area (Å²) < 4.78 is 0.944. The summed E-state index contributed by atoms with van der Waals surface area (Å²) in [6.45, 7) is 3.72. The van der Waals surface area contributed by atoms with Crippen LogP contribution in [0.2, 0.25) is 0 Å². The molecule has 0 spiro atoms. The first-order chi connectivity index (χ1) is 12.8. The highest BCUT2D eigenvalue weighted by Gasteiger charge is 2.37. The molecule has 0 amide bonds. The first kappa shape index (κ1) is 20.1. The molecule has 27 heavy (non-hydrogen) atoms. The molecule has 8 heteroatoms. The van der Waals surface area contributed by atoms with Crippen molar-refractivity contribution >= 4 is 33.4 Å². The van der Waals surface area contributed by atoms with Gasteiger partial charge in [0.1, 0.15) is 5.84 Å². The number of piperazine rings is 1. The predicted octanol–water partition coefficient (Wildman–Crippen LogP) is 2.00. The second-order valence-corrected chi connectivity index (χ2v) is 8.48. The minimum Gasteiger partial charge on any atom is -0.481 e. The maximum absolute atomic E-state index is 10.9. The Morgan fingerprint density at radius 1 is 1.26 bits per heavy atom. The number of anilines is 1. The summed E-state index contributed by atoms with van der Waals surface area (Å²) in [4.78, 5) is 15.7. The van der Waals surface area contributed by atoms with E-state index < -0.39 is 11.6 Å². The Morgan fingerprint density at radius 3 is 2.41 bits per heavy atom. The van der Waals surface area contributed by atoms with Crippen molar-refractivity contribution in [2.45, 2.75) is 43.7 Å². The van der Waals surface area contributed by atoms with Gasteiger partial charge in [0.25, 0.3) is 0 Å². The Balaban J connectivity index is 1.54. The van der Waals surface area contributed by atoms with Crippen molar-refractivity contribution < 1.29 is 15.0 Å². The number of nitrogens with two attached hydrogens (primary N) is 1. The van der Waals surface area contributed by atoms with Gasteiger partial charge in [0.15, 0.2) is 0 Å². The van der Waals surface area contributed by atoms with Crippen LogP contribution in [0.5, 0.6) is 0 Å². The zero-order valence-electron chi connectivity index (χ0n) is 15.3. The van der Waals surface area contributed by atoms with E-state index in [1.165, 1.54) is 0 Å². The van der Waals surface area contributed by atoms with Crippen LogP contribution in [0.4, 0.5) is 5.69 Å². The molecule has 3 rings (SSSR count). The van der Waals surface area contributed by atoms with Gasteiger partial charge in [0.05, 0.1) is 17.7 Å². The van der Waals surface area contributed by atoms with E-state index in [4.69, 9.17) is 16.2 Å². The molecule has 0 unspecified atom stereocenters. The van der Waals surface area contributed by atoms with Gasteiger partial charge < -0.3 is 20.8 Å². The maximum atomic E-state index is 10.9. The van der Waals surface area contributed by atoms with Gasteiger partial charge in [-0.3, -0.25) is 15.1 Å². The molecular weight excluding hydrogens is 412 g/mol. The number of aliphatic carboxylic acids is 1. The number of carboxylic acid groups (broad SMARTS) is 1. The monoisotopic (exact) mass is 438 g/mol. The van der Waals surface area contributed by atoms with Gasteiger partial charge in [-0.2, -0.15) is 0 Å². The lowest BCUT2D eigenvalue weighted by atomic mass is 9.79. The first-order valence-electron chi connectivity index (χ1n) is 9.34. The molecule has 1 saturated carbocycles. The lowest BCUT2D eigenvalue weighted by Crippen LogP contribution is -2.52. The molecule has 1 saturated heterocycles. The Hall–Kier alpha value is -1.64. The van der Waals surface area contributed by atoms with Gasteiger partial charge in [0.2, 0.25) is 0 Å². The van der Waals surface area contributed by atoms with E-state index in [-0.39, 0.29) is 12.3 Å². The number of nitrogen functional groups attached to an aromatic ring is 1. The van der Waals surface area contributed by atoms with Crippen molar-refractivity contribution in [3.63, 3.8) is 0 Å². The summed E-state index contributed by atoms with van der Waals surface area (Å²) in [5.41, 5.74) is 6.33. The van der Waals surface area contributed by atoms with Crippen molar-refractivity contribution in [2.75, 3.05) is 31.1 Å². The quantitative estimate of drug-likeness (QED) is 0.412. The normalized spacial score (nSPS) is 26.7. The van der Waals surface area contributed by atoms with Gasteiger partial charge in [-0.1, -0.05) is 0 Å². The molecule has 0 aromatic heterocycles. The Morgan fingerprint density at radius 2 is 1.89 bits per heavy atom. The number of amidine groups is 1. The lowest BCUT2D eigenvalue weighted by Gasteiger charge is -2.44. The number of nitrogens with zero attached hydrogens (tertiary/aromatic N) is 2. The average Bonchev–Trinajstić information content (AvgIpc) is 2.61. The summed E-state index contributed by atoms with van der Waals surface area (Å²) in [6, 6.07) is 6.18. The largest absolute Gasteiger partial charge is 0.481 e. The molecule has 148 valence electrons. The van der Waals surface area contributed by atoms with Gasteiger partial charge in [-0.15, -0.1) is 0 Å². The van der Waals surface area contributed by atoms with E-state index in [1.807, 2.05) is 18.2 Å². The van der Waals surface area contributed by atoms with Crippen LogP contribution < -0.4 is 10.6 Å². The number of nitrogens with one attached hydrogen (secondary N) is 1. The van der Waals surface area contributed by atoms with E-state index in [9.17, 15) is 9.90 Å². The van der Waals surface area contributed by atoms with E-state index >= 15 is 0 Å². The predicted molar refractivity (Wildman–Crippen MR) is 108 cm³/mol.